The van der Waals surface area contributed by atoms with Gasteiger partial charge in [-0.25, -0.2) is 12.8 Å². The van der Waals surface area contributed by atoms with Gasteiger partial charge in [0.05, 0.1) is 24.8 Å². The molecule has 1 unspecified atom stereocenters. The van der Waals surface area contributed by atoms with Crippen LogP contribution in [-0.2, 0) is 32.6 Å². The molecule has 1 N–H and O–H groups in total. The summed E-state index contributed by atoms with van der Waals surface area (Å²) in [5, 5.41) is 2.93. The molecule has 0 bridgehead atoms. The van der Waals surface area contributed by atoms with E-state index in [9.17, 15) is 22.4 Å². The average Bonchev–Trinajstić information content (AvgIpc) is 3.05. The van der Waals surface area contributed by atoms with Gasteiger partial charge in [-0.2, -0.15) is 0 Å². The maximum atomic E-state index is 14.5. The molecular formula is C35H37BrFN3O6S. The normalized spacial score (nSPS) is 11.9. The number of carbonyl (C=O) groups excluding carboxylic acids is 2. The topological polar surface area (TPSA) is 105 Å². The first-order valence-corrected chi connectivity index (χ1v) is 17.0. The Morgan fingerprint density at radius 2 is 1.51 bits per heavy atom. The van der Waals surface area contributed by atoms with Crippen molar-refractivity contribution in [1.29, 1.82) is 0 Å². The van der Waals surface area contributed by atoms with E-state index in [0.717, 1.165) is 32.0 Å². The van der Waals surface area contributed by atoms with Crippen molar-refractivity contribution in [3.05, 3.63) is 118 Å². The minimum Gasteiger partial charge on any atom is -0.493 e. The van der Waals surface area contributed by atoms with E-state index in [1.54, 1.807) is 0 Å². The number of rotatable bonds is 14. The number of nitrogens with zero attached hydrogens (tertiary/aromatic N) is 2. The predicted octanol–water partition coefficient (Wildman–Crippen LogP) is 5.97. The van der Waals surface area contributed by atoms with Crippen molar-refractivity contribution in [3.8, 4) is 11.5 Å². The molecule has 0 radical (unpaired) electrons. The number of sulfonamides is 1. The van der Waals surface area contributed by atoms with Crippen LogP contribution in [0.2, 0.25) is 0 Å². The standard InChI is InChI=1S/C35H37BrFN3O6S/c1-24(2)38-35(42)31(20-25-9-6-5-7-10-25)39(22-26-11-8-12-27(36)19-26)34(41)23-40(29-15-13-28(37)14-16-29)47(43,44)30-17-18-32(45-3)33(21-30)46-4/h5-19,21,24,31H,20,22-23H2,1-4H3,(H,38,42). The molecule has 4 rings (SSSR count). The van der Waals surface area contributed by atoms with Crippen molar-refractivity contribution in [1.82, 2.24) is 10.2 Å². The maximum absolute atomic E-state index is 14.5. The fourth-order valence-electron chi connectivity index (χ4n) is 5.01. The maximum Gasteiger partial charge on any atom is 0.264 e. The largest absolute Gasteiger partial charge is 0.493 e. The summed E-state index contributed by atoms with van der Waals surface area (Å²) in [6.45, 7) is 2.97. The number of ether oxygens (including phenoxy) is 2. The van der Waals surface area contributed by atoms with Gasteiger partial charge in [0.15, 0.2) is 11.5 Å². The number of methoxy groups -OCH3 is 2. The lowest BCUT2D eigenvalue weighted by Crippen LogP contribution is -2.54. The molecule has 0 heterocycles. The first-order chi connectivity index (χ1) is 22.4. The van der Waals surface area contributed by atoms with E-state index in [2.05, 4.69) is 21.2 Å². The second-order valence-corrected chi connectivity index (χ2v) is 13.8. The van der Waals surface area contributed by atoms with Gasteiger partial charge < -0.3 is 19.7 Å². The minimum atomic E-state index is -4.44. The van der Waals surface area contributed by atoms with Gasteiger partial charge in [-0.15, -0.1) is 0 Å². The van der Waals surface area contributed by atoms with Crippen LogP contribution >= 0.6 is 15.9 Å². The van der Waals surface area contributed by atoms with E-state index in [4.69, 9.17) is 9.47 Å². The highest BCUT2D eigenvalue weighted by Crippen LogP contribution is 2.32. The van der Waals surface area contributed by atoms with Gasteiger partial charge in [0.2, 0.25) is 11.8 Å². The second-order valence-electron chi connectivity index (χ2n) is 11.0. The number of nitrogens with one attached hydrogen (secondary N) is 1. The lowest BCUT2D eigenvalue weighted by atomic mass is 10.0. The Morgan fingerprint density at radius 3 is 2.13 bits per heavy atom. The van der Waals surface area contributed by atoms with Crippen molar-refractivity contribution in [2.24, 2.45) is 0 Å². The van der Waals surface area contributed by atoms with E-state index < -0.39 is 34.3 Å². The predicted molar refractivity (Wildman–Crippen MR) is 182 cm³/mol. The monoisotopic (exact) mass is 725 g/mol. The van der Waals surface area contributed by atoms with Crippen LogP contribution in [0.5, 0.6) is 11.5 Å². The molecule has 0 aromatic heterocycles. The summed E-state index contributed by atoms with van der Waals surface area (Å²) >= 11 is 3.47. The number of hydrogen-bond acceptors (Lipinski definition) is 6. The van der Waals surface area contributed by atoms with Crippen molar-refractivity contribution < 1.29 is 31.9 Å². The molecular weight excluding hydrogens is 689 g/mol. The highest BCUT2D eigenvalue weighted by Gasteiger charge is 2.35. The molecule has 0 saturated carbocycles. The number of halogens is 2. The molecule has 0 spiro atoms. The Kier molecular flexibility index (Phi) is 12.0. The number of hydrogen-bond donors (Lipinski definition) is 1. The van der Waals surface area contributed by atoms with Crippen LogP contribution in [0, 0.1) is 5.82 Å². The number of amides is 2. The van der Waals surface area contributed by atoms with Gasteiger partial charge in [0, 0.05) is 29.5 Å². The van der Waals surface area contributed by atoms with Crippen molar-refractivity contribution >= 4 is 43.5 Å². The Bertz CT molecular complexity index is 1790. The van der Waals surface area contributed by atoms with Gasteiger partial charge >= 0.3 is 0 Å². The van der Waals surface area contributed by atoms with Gasteiger partial charge in [0.25, 0.3) is 10.0 Å². The highest BCUT2D eigenvalue weighted by molar-refractivity contribution is 9.10. The molecule has 47 heavy (non-hydrogen) atoms. The zero-order valence-electron chi connectivity index (χ0n) is 26.5. The highest BCUT2D eigenvalue weighted by atomic mass is 79.9. The Hall–Kier alpha value is -4.42. The minimum absolute atomic E-state index is 0.00888. The van der Waals surface area contributed by atoms with Gasteiger partial charge in [-0.05, 0) is 73.5 Å². The molecule has 9 nitrogen and oxygen atoms in total. The second kappa shape index (κ2) is 15.9. The Balaban J connectivity index is 1.83. The summed E-state index contributed by atoms with van der Waals surface area (Å²) in [4.78, 5) is 29.5. The van der Waals surface area contributed by atoms with Crippen LogP contribution in [0.15, 0.2) is 106 Å². The van der Waals surface area contributed by atoms with Crippen LogP contribution in [0.3, 0.4) is 0 Å². The summed E-state index contributed by atoms with van der Waals surface area (Å²) in [5.74, 6) is -1.12. The molecule has 0 aliphatic rings. The van der Waals surface area contributed by atoms with E-state index in [1.807, 2.05) is 68.4 Å². The molecule has 0 aliphatic carbocycles. The Labute approximate surface area is 283 Å². The van der Waals surface area contributed by atoms with E-state index in [0.29, 0.717) is 5.75 Å². The van der Waals surface area contributed by atoms with Crippen molar-refractivity contribution in [3.63, 3.8) is 0 Å². The first-order valence-electron chi connectivity index (χ1n) is 14.8. The van der Waals surface area contributed by atoms with E-state index >= 15 is 0 Å². The smallest absolute Gasteiger partial charge is 0.264 e. The molecule has 248 valence electrons. The molecule has 4 aromatic rings. The number of carbonyl (C=O) groups is 2. The summed E-state index contributed by atoms with van der Waals surface area (Å²) < 4.78 is 54.8. The Morgan fingerprint density at radius 1 is 0.851 bits per heavy atom. The van der Waals surface area contributed by atoms with Gasteiger partial charge in [-0.3, -0.25) is 13.9 Å². The summed E-state index contributed by atoms with van der Waals surface area (Å²) in [7, 11) is -1.63. The molecule has 0 fully saturated rings. The molecule has 4 aromatic carbocycles. The summed E-state index contributed by atoms with van der Waals surface area (Å²) in [6.07, 6.45) is 0.179. The van der Waals surface area contributed by atoms with E-state index in [1.165, 1.54) is 49.5 Å². The number of benzene rings is 4. The third kappa shape index (κ3) is 9.11. The van der Waals surface area contributed by atoms with Crippen molar-refractivity contribution in [2.75, 3.05) is 25.1 Å². The lowest BCUT2D eigenvalue weighted by molar-refractivity contribution is -0.140. The van der Waals surface area contributed by atoms with E-state index in [-0.39, 0.29) is 41.2 Å². The van der Waals surface area contributed by atoms with Crippen LogP contribution in [-0.4, -0.2) is 58.0 Å². The van der Waals surface area contributed by atoms with Gasteiger partial charge in [-0.1, -0.05) is 58.4 Å². The fourth-order valence-corrected chi connectivity index (χ4v) is 6.88. The fraction of sp³-hybridized carbons (Fsp3) is 0.257. The third-order valence-electron chi connectivity index (χ3n) is 7.28. The summed E-state index contributed by atoms with van der Waals surface area (Å²) in [5.41, 5.74) is 1.60. The van der Waals surface area contributed by atoms with Gasteiger partial charge in [0.1, 0.15) is 18.4 Å². The number of anilines is 1. The van der Waals surface area contributed by atoms with Crippen LogP contribution in [0.4, 0.5) is 10.1 Å². The summed E-state index contributed by atoms with van der Waals surface area (Å²) in [6, 6.07) is 24.3. The van der Waals surface area contributed by atoms with Crippen LogP contribution in [0.25, 0.3) is 0 Å². The lowest BCUT2D eigenvalue weighted by Gasteiger charge is -2.34. The molecule has 2 amide bonds. The van der Waals surface area contributed by atoms with Crippen molar-refractivity contribution in [2.45, 2.75) is 43.8 Å². The third-order valence-corrected chi connectivity index (χ3v) is 9.54. The zero-order valence-corrected chi connectivity index (χ0v) is 28.9. The SMILES string of the molecule is COc1ccc(S(=O)(=O)N(CC(=O)N(Cc2cccc(Br)c2)C(Cc2ccccc2)C(=O)NC(C)C)c2ccc(F)cc2)cc1OC. The molecule has 0 aliphatic heterocycles. The molecule has 1 atom stereocenters. The average molecular weight is 727 g/mol. The first kappa shape index (κ1) is 35.4. The molecule has 0 saturated heterocycles. The zero-order chi connectivity index (χ0) is 34.1. The van der Waals surface area contributed by atoms with Crippen LogP contribution < -0.4 is 19.1 Å². The van der Waals surface area contributed by atoms with Crippen LogP contribution in [0.1, 0.15) is 25.0 Å². The quantitative estimate of drug-likeness (QED) is 0.172. The molecule has 12 heteroatoms.